The summed E-state index contributed by atoms with van der Waals surface area (Å²) in [5.41, 5.74) is 2.45. The van der Waals surface area contributed by atoms with Crippen molar-refractivity contribution in [2.24, 2.45) is 11.3 Å². The highest BCUT2D eigenvalue weighted by Crippen LogP contribution is 2.48. The minimum Gasteiger partial charge on any atom is -0.411 e. The molecule has 0 saturated heterocycles. The van der Waals surface area contributed by atoms with Crippen LogP contribution in [0.3, 0.4) is 0 Å². The first-order chi connectivity index (χ1) is 8.13. The molecule has 2 atom stereocenters. The molecule has 0 aromatic rings. The first kappa shape index (κ1) is 15.5. The maximum atomic E-state index is 6.43. The Kier molecular flexibility index (Phi) is 4.45. The van der Waals surface area contributed by atoms with E-state index in [0.717, 1.165) is 6.42 Å². The summed E-state index contributed by atoms with van der Waals surface area (Å²) in [7, 11) is -1.10. The fourth-order valence-corrected chi connectivity index (χ4v) is 3.90. The molecule has 0 saturated carbocycles. The van der Waals surface area contributed by atoms with E-state index in [1.807, 2.05) is 6.08 Å². The Morgan fingerprint density at radius 2 is 2.00 bits per heavy atom. The van der Waals surface area contributed by atoms with E-state index >= 15 is 0 Å². The quantitative estimate of drug-likeness (QED) is 0.537. The van der Waals surface area contributed by atoms with Crippen molar-refractivity contribution in [3.8, 4) is 0 Å². The highest BCUT2D eigenvalue weighted by Gasteiger charge is 2.46. The second-order valence-corrected chi connectivity index (χ2v) is 9.04. The summed E-state index contributed by atoms with van der Waals surface area (Å²) in [6, 6.07) is 0. The predicted molar refractivity (Wildman–Crippen MR) is 83.3 cm³/mol. The van der Waals surface area contributed by atoms with Crippen LogP contribution in [0.5, 0.6) is 0 Å². The summed E-state index contributed by atoms with van der Waals surface area (Å²) < 4.78 is 6.43. The molecule has 0 heterocycles. The molecule has 0 aliphatic heterocycles. The van der Waals surface area contributed by atoms with Gasteiger partial charge >= 0.3 is 0 Å². The van der Waals surface area contributed by atoms with Crippen LogP contribution in [0.15, 0.2) is 36.5 Å². The van der Waals surface area contributed by atoms with Crippen LogP contribution < -0.4 is 0 Å². The summed E-state index contributed by atoms with van der Waals surface area (Å²) in [4.78, 5) is 0. The van der Waals surface area contributed by atoms with Gasteiger partial charge in [0.25, 0.3) is 0 Å². The van der Waals surface area contributed by atoms with Crippen molar-refractivity contribution < 1.29 is 4.43 Å². The van der Waals surface area contributed by atoms with Gasteiger partial charge in [-0.1, -0.05) is 40.3 Å². The van der Waals surface area contributed by atoms with Gasteiger partial charge in [0.05, 0.1) is 5.60 Å². The van der Waals surface area contributed by atoms with E-state index in [1.54, 1.807) is 0 Å². The largest absolute Gasteiger partial charge is 0.411 e. The summed E-state index contributed by atoms with van der Waals surface area (Å²) >= 11 is 0. The zero-order chi connectivity index (χ0) is 14.1. The van der Waals surface area contributed by atoms with Gasteiger partial charge in [-0.2, -0.15) is 0 Å². The van der Waals surface area contributed by atoms with Gasteiger partial charge in [0.15, 0.2) is 9.04 Å². The fraction of sp³-hybridized carbons (Fsp3) is 0.625. The smallest absolute Gasteiger partial charge is 0.172 e. The highest BCUT2D eigenvalue weighted by atomic mass is 28.3. The third-order valence-corrected chi connectivity index (χ3v) is 4.72. The molecule has 1 nitrogen and oxygen atoms in total. The molecule has 0 aromatic carbocycles. The lowest BCUT2D eigenvalue weighted by Crippen LogP contribution is -2.45. The Morgan fingerprint density at radius 3 is 2.39 bits per heavy atom. The Hall–Kier alpha value is -0.603. The number of hydrogen-bond donors (Lipinski definition) is 0. The minimum absolute atomic E-state index is 0.0931. The lowest BCUT2D eigenvalue weighted by Gasteiger charge is -2.42. The van der Waals surface area contributed by atoms with E-state index in [2.05, 4.69) is 60.0 Å². The SMILES string of the molecule is C=CC(C)C1=CC(O[SiH](C)C)(C(C)(C)C)CC1=C. The van der Waals surface area contributed by atoms with E-state index in [9.17, 15) is 0 Å². The summed E-state index contributed by atoms with van der Waals surface area (Å²) in [5, 5.41) is 0. The van der Waals surface area contributed by atoms with Gasteiger partial charge in [0.2, 0.25) is 0 Å². The molecular formula is C16H28OSi. The molecule has 0 amide bonds. The van der Waals surface area contributed by atoms with Crippen molar-refractivity contribution in [2.75, 3.05) is 0 Å². The molecule has 18 heavy (non-hydrogen) atoms. The number of hydrogen-bond acceptors (Lipinski definition) is 1. The van der Waals surface area contributed by atoms with E-state index in [-0.39, 0.29) is 11.0 Å². The van der Waals surface area contributed by atoms with E-state index in [1.165, 1.54) is 11.1 Å². The molecular weight excluding hydrogens is 236 g/mol. The van der Waals surface area contributed by atoms with Crippen LogP contribution in [0.2, 0.25) is 13.1 Å². The summed E-state index contributed by atoms with van der Waals surface area (Å²) in [6.07, 6.45) is 5.24. The molecule has 2 heteroatoms. The lowest BCUT2D eigenvalue weighted by molar-refractivity contribution is 0.0154. The normalized spacial score (nSPS) is 26.4. The first-order valence-corrected chi connectivity index (χ1v) is 9.62. The van der Waals surface area contributed by atoms with E-state index < -0.39 is 9.04 Å². The molecule has 102 valence electrons. The van der Waals surface area contributed by atoms with Crippen LogP contribution >= 0.6 is 0 Å². The topological polar surface area (TPSA) is 9.23 Å². The Labute approximate surface area is 114 Å². The molecule has 0 spiro atoms. The van der Waals surface area contributed by atoms with Crippen molar-refractivity contribution in [3.05, 3.63) is 36.5 Å². The van der Waals surface area contributed by atoms with Crippen molar-refractivity contribution in [1.29, 1.82) is 0 Å². The number of rotatable bonds is 4. The lowest BCUT2D eigenvalue weighted by atomic mass is 9.76. The van der Waals surface area contributed by atoms with Gasteiger partial charge in [-0.05, 0) is 41.6 Å². The van der Waals surface area contributed by atoms with Crippen molar-refractivity contribution in [3.63, 3.8) is 0 Å². The predicted octanol–water partition coefficient (Wildman–Crippen LogP) is 4.48. The monoisotopic (exact) mass is 264 g/mol. The average molecular weight is 264 g/mol. The van der Waals surface area contributed by atoms with E-state index in [4.69, 9.17) is 4.43 Å². The van der Waals surface area contributed by atoms with Gasteiger partial charge in [0, 0.05) is 6.42 Å². The molecule has 0 aromatic heterocycles. The molecule has 0 bridgehead atoms. The van der Waals surface area contributed by atoms with Crippen LogP contribution in [0.25, 0.3) is 0 Å². The average Bonchev–Trinajstić information content (AvgIpc) is 2.54. The third-order valence-electron chi connectivity index (χ3n) is 3.83. The van der Waals surface area contributed by atoms with Gasteiger partial charge in [-0.15, -0.1) is 6.58 Å². The maximum absolute atomic E-state index is 6.43. The van der Waals surface area contributed by atoms with Crippen LogP contribution in [-0.2, 0) is 4.43 Å². The molecule has 0 N–H and O–H groups in total. The minimum atomic E-state index is -1.10. The van der Waals surface area contributed by atoms with Crippen molar-refractivity contribution >= 4 is 9.04 Å². The molecule has 1 rings (SSSR count). The number of allylic oxidation sites excluding steroid dienone is 2. The molecule has 2 unspecified atom stereocenters. The van der Waals surface area contributed by atoms with E-state index in [0.29, 0.717) is 5.92 Å². The maximum Gasteiger partial charge on any atom is 0.172 e. The third kappa shape index (κ3) is 2.86. The standard InChI is InChI=1S/C16H28OSi/c1-9-12(2)14-11-16(10-13(14)3,15(4,5)6)17-18(7)8/h9,11-12,18H,1,3,10H2,2,4-8H3. The fourth-order valence-electron chi connectivity index (χ4n) is 2.56. The highest BCUT2D eigenvalue weighted by molar-refractivity contribution is 6.48. The second-order valence-electron chi connectivity index (χ2n) is 6.71. The molecule has 1 aliphatic rings. The van der Waals surface area contributed by atoms with Crippen LogP contribution in [0, 0.1) is 11.3 Å². The van der Waals surface area contributed by atoms with Crippen LogP contribution in [-0.4, -0.2) is 14.6 Å². The zero-order valence-corrected chi connectivity index (χ0v) is 14.0. The summed E-state index contributed by atoms with van der Waals surface area (Å²) in [6.45, 7) is 21.6. The molecule has 1 aliphatic carbocycles. The Balaban J connectivity index is 3.20. The molecule has 0 radical (unpaired) electrons. The summed E-state index contributed by atoms with van der Waals surface area (Å²) in [5.74, 6) is 0.360. The van der Waals surface area contributed by atoms with Crippen molar-refractivity contribution in [2.45, 2.75) is 52.8 Å². The molecule has 0 fully saturated rings. The van der Waals surface area contributed by atoms with Gasteiger partial charge < -0.3 is 4.43 Å². The second kappa shape index (κ2) is 5.18. The Bertz CT molecular complexity index is 373. The first-order valence-electron chi connectivity index (χ1n) is 6.84. The van der Waals surface area contributed by atoms with Crippen LogP contribution in [0.4, 0.5) is 0 Å². The van der Waals surface area contributed by atoms with Crippen molar-refractivity contribution in [1.82, 2.24) is 0 Å². The zero-order valence-electron chi connectivity index (χ0n) is 12.8. The van der Waals surface area contributed by atoms with Gasteiger partial charge in [-0.3, -0.25) is 0 Å². The Morgan fingerprint density at radius 1 is 1.44 bits per heavy atom. The van der Waals surface area contributed by atoms with Crippen LogP contribution in [0.1, 0.15) is 34.1 Å². The van der Waals surface area contributed by atoms with Gasteiger partial charge in [0.1, 0.15) is 0 Å². The van der Waals surface area contributed by atoms with Gasteiger partial charge in [-0.25, -0.2) is 0 Å².